The molecule has 0 spiro atoms. The van der Waals surface area contributed by atoms with E-state index in [4.69, 9.17) is 9.47 Å². The van der Waals surface area contributed by atoms with Crippen LogP contribution in [0.1, 0.15) is 32.1 Å². The molecule has 1 heterocycles. The molecular formula is C22H26N2O5S. The summed E-state index contributed by atoms with van der Waals surface area (Å²) >= 11 is 0. The van der Waals surface area contributed by atoms with Crippen molar-refractivity contribution in [3.63, 3.8) is 0 Å². The third-order valence-corrected chi connectivity index (χ3v) is 7.66. The largest absolute Gasteiger partial charge is 0.485 e. The van der Waals surface area contributed by atoms with Crippen molar-refractivity contribution in [2.45, 2.75) is 49.1 Å². The van der Waals surface area contributed by atoms with Crippen LogP contribution in [0.25, 0.3) is 0 Å². The van der Waals surface area contributed by atoms with E-state index in [9.17, 15) is 13.2 Å². The zero-order valence-corrected chi connectivity index (χ0v) is 17.7. The van der Waals surface area contributed by atoms with Gasteiger partial charge in [-0.25, -0.2) is 8.42 Å². The van der Waals surface area contributed by atoms with Crippen LogP contribution >= 0.6 is 0 Å². The first-order valence-electron chi connectivity index (χ1n) is 10.2. The van der Waals surface area contributed by atoms with Gasteiger partial charge < -0.3 is 14.8 Å². The molecule has 1 N–H and O–H groups in total. The van der Waals surface area contributed by atoms with Gasteiger partial charge in [-0.15, -0.1) is 0 Å². The lowest BCUT2D eigenvalue weighted by Gasteiger charge is -2.31. The van der Waals surface area contributed by atoms with Crippen LogP contribution in [0.3, 0.4) is 0 Å². The Balaban J connectivity index is 1.53. The first kappa shape index (κ1) is 20.7. The minimum atomic E-state index is -3.75. The molecule has 0 saturated heterocycles. The Morgan fingerprint density at radius 3 is 2.43 bits per heavy atom. The number of rotatable bonds is 5. The molecule has 1 amide bonds. The molecule has 0 radical (unpaired) electrons. The van der Waals surface area contributed by atoms with Crippen molar-refractivity contribution in [1.29, 1.82) is 0 Å². The van der Waals surface area contributed by atoms with Gasteiger partial charge in [-0.1, -0.05) is 43.5 Å². The lowest BCUT2D eigenvalue weighted by atomic mass is 9.96. The fraction of sp³-hybridized carbons (Fsp3) is 0.409. The van der Waals surface area contributed by atoms with Gasteiger partial charge in [0.05, 0.1) is 5.69 Å². The maximum Gasteiger partial charge on any atom is 0.269 e. The van der Waals surface area contributed by atoms with Crippen molar-refractivity contribution in [3.05, 3.63) is 48.5 Å². The van der Waals surface area contributed by atoms with Gasteiger partial charge in [-0.3, -0.25) is 4.79 Å². The van der Waals surface area contributed by atoms with Crippen LogP contribution < -0.4 is 14.8 Å². The Hall–Kier alpha value is -2.58. The molecule has 1 fully saturated rings. The number of carbonyl (C=O) groups excluding carboxylic acids is 1. The second kappa shape index (κ2) is 8.65. The van der Waals surface area contributed by atoms with Crippen LogP contribution in [-0.2, 0) is 14.8 Å². The summed E-state index contributed by atoms with van der Waals surface area (Å²) in [4.78, 5) is 12.9. The summed E-state index contributed by atoms with van der Waals surface area (Å²) in [7, 11) is -2.12. The highest BCUT2D eigenvalue weighted by Gasteiger charge is 2.32. The lowest BCUT2D eigenvalue weighted by Crippen LogP contribution is -2.41. The second-order valence-corrected chi connectivity index (χ2v) is 9.63. The molecule has 1 aliphatic carbocycles. The number of hydrogen-bond donors (Lipinski definition) is 1. The number of nitrogens with one attached hydrogen (secondary N) is 1. The van der Waals surface area contributed by atoms with Crippen LogP contribution in [0.5, 0.6) is 11.5 Å². The van der Waals surface area contributed by atoms with E-state index in [0.717, 1.165) is 32.1 Å². The summed E-state index contributed by atoms with van der Waals surface area (Å²) in [6.45, 7) is 0.0553. The number of sulfonamides is 1. The van der Waals surface area contributed by atoms with Gasteiger partial charge in [0.25, 0.3) is 5.91 Å². The van der Waals surface area contributed by atoms with Gasteiger partial charge in [0, 0.05) is 13.1 Å². The number of ether oxygens (including phenoxy) is 2. The Labute approximate surface area is 177 Å². The van der Waals surface area contributed by atoms with E-state index in [1.807, 2.05) is 6.07 Å². The van der Waals surface area contributed by atoms with E-state index < -0.39 is 22.0 Å². The number of carbonyl (C=O) groups is 1. The van der Waals surface area contributed by atoms with Gasteiger partial charge >= 0.3 is 0 Å². The highest BCUT2D eigenvalue weighted by molar-refractivity contribution is 7.89. The molecule has 0 aromatic heterocycles. The van der Waals surface area contributed by atoms with Crippen LogP contribution in [0.4, 0.5) is 5.69 Å². The third-order valence-electron chi connectivity index (χ3n) is 5.69. The number of anilines is 1. The SMILES string of the molecule is CN(C1CCCCC1)S(=O)(=O)c1ccccc1NC(=O)[C@H]1COc2ccccc2O1. The molecule has 1 aliphatic heterocycles. The van der Waals surface area contributed by atoms with E-state index in [1.54, 1.807) is 43.4 Å². The molecule has 8 heteroatoms. The fourth-order valence-corrected chi connectivity index (χ4v) is 5.51. The average molecular weight is 431 g/mol. The average Bonchev–Trinajstić information content (AvgIpc) is 2.79. The summed E-state index contributed by atoms with van der Waals surface area (Å²) in [6.07, 6.45) is 4.05. The van der Waals surface area contributed by atoms with Crippen LogP contribution in [0.15, 0.2) is 53.4 Å². The predicted octanol–water partition coefficient (Wildman–Crippen LogP) is 3.42. The predicted molar refractivity (Wildman–Crippen MR) is 113 cm³/mol. The third kappa shape index (κ3) is 4.15. The van der Waals surface area contributed by atoms with Gasteiger partial charge in [-0.05, 0) is 37.1 Å². The van der Waals surface area contributed by atoms with E-state index in [-0.39, 0.29) is 23.2 Å². The number of hydrogen-bond acceptors (Lipinski definition) is 5. The van der Waals surface area contributed by atoms with Crippen molar-refractivity contribution >= 4 is 21.6 Å². The molecule has 160 valence electrons. The standard InChI is InChI=1S/C22H26N2O5S/c1-24(16-9-3-2-4-10-16)30(26,27)21-14-8-5-11-17(21)23-22(25)20-15-28-18-12-6-7-13-19(18)29-20/h5-8,11-14,16,20H,2-4,9-10,15H2,1H3,(H,23,25)/t20-/m1/s1. The number of para-hydroxylation sites is 3. The molecule has 0 bridgehead atoms. The van der Waals surface area contributed by atoms with Crippen LogP contribution in [0.2, 0.25) is 0 Å². The summed E-state index contributed by atoms with van der Waals surface area (Å²) in [5.74, 6) is 0.618. The van der Waals surface area contributed by atoms with Gasteiger partial charge in [-0.2, -0.15) is 4.31 Å². The minimum Gasteiger partial charge on any atom is -0.485 e. The fourth-order valence-electron chi connectivity index (χ4n) is 3.95. The van der Waals surface area contributed by atoms with Gasteiger partial charge in [0.1, 0.15) is 11.5 Å². The molecule has 1 atom stereocenters. The molecule has 4 rings (SSSR count). The number of amides is 1. The van der Waals surface area contributed by atoms with Crippen molar-refractivity contribution in [2.75, 3.05) is 19.0 Å². The smallest absolute Gasteiger partial charge is 0.269 e. The molecule has 1 saturated carbocycles. The Bertz CT molecular complexity index is 1020. The molecule has 30 heavy (non-hydrogen) atoms. The summed E-state index contributed by atoms with van der Waals surface area (Å²) < 4.78 is 39.4. The Morgan fingerprint density at radius 1 is 1.00 bits per heavy atom. The molecule has 7 nitrogen and oxygen atoms in total. The minimum absolute atomic E-state index is 0.0147. The van der Waals surface area contributed by atoms with Crippen molar-refractivity contribution < 1.29 is 22.7 Å². The van der Waals surface area contributed by atoms with Crippen LogP contribution in [-0.4, -0.2) is 44.4 Å². The first-order valence-corrected chi connectivity index (χ1v) is 11.7. The van der Waals surface area contributed by atoms with Crippen molar-refractivity contribution in [3.8, 4) is 11.5 Å². The zero-order valence-electron chi connectivity index (χ0n) is 16.9. The Kier molecular flexibility index (Phi) is 5.97. The van der Waals surface area contributed by atoms with Crippen LogP contribution in [0, 0.1) is 0 Å². The van der Waals surface area contributed by atoms with Crippen molar-refractivity contribution in [1.82, 2.24) is 4.31 Å². The number of nitrogens with zero attached hydrogens (tertiary/aromatic N) is 1. The zero-order chi connectivity index (χ0) is 21.1. The van der Waals surface area contributed by atoms with E-state index >= 15 is 0 Å². The quantitative estimate of drug-likeness (QED) is 0.786. The lowest BCUT2D eigenvalue weighted by molar-refractivity contribution is -0.125. The Morgan fingerprint density at radius 2 is 1.67 bits per heavy atom. The highest BCUT2D eigenvalue weighted by Crippen LogP contribution is 2.32. The normalized spacial score (nSPS) is 19.5. The van der Waals surface area contributed by atoms with E-state index in [0.29, 0.717) is 11.5 Å². The van der Waals surface area contributed by atoms with E-state index in [1.165, 1.54) is 10.4 Å². The molecule has 2 aromatic rings. The second-order valence-electron chi connectivity index (χ2n) is 7.66. The molecule has 2 aromatic carbocycles. The maximum atomic E-state index is 13.3. The van der Waals surface area contributed by atoms with Gasteiger partial charge in [0.15, 0.2) is 11.5 Å². The highest BCUT2D eigenvalue weighted by atomic mass is 32.2. The molecule has 2 aliphatic rings. The van der Waals surface area contributed by atoms with Crippen molar-refractivity contribution in [2.24, 2.45) is 0 Å². The number of benzene rings is 2. The monoisotopic (exact) mass is 430 g/mol. The maximum absolute atomic E-state index is 13.3. The summed E-state index contributed by atoms with van der Waals surface area (Å²) in [6, 6.07) is 13.6. The number of fused-ring (bicyclic) bond motifs is 1. The van der Waals surface area contributed by atoms with E-state index in [2.05, 4.69) is 5.32 Å². The summed E-state index contributed by atoms with van der Waals surface area (Å²) in [5, 5.41) is 2.73. The molecule has 0 unspecified atom stereocenters. The first-order chi connectivity index (χ1) is 14.5. The molecular weight excluding hydrogens is 404 g/mol. The summed E-state index contributed by atoms with van der Waals surface area (Å²) in [5.41, 5.74) is 0.243. The van der Waals surface area contributed by atoms with Gasteiger partial charge in [0.2, 0.25) is 16.1 Å². The topological polar surface area (TPSA) is 84.9 Å².